The summed E-state index contributed by atoms with van der Waals surface area (Å²) in [4.78, 5) is 10.5. The van der Waals surface area contributed by atoms with Crippen LogP contribution in [-0.4, -0.2) is 33.7 Å². The molecular formula is C6H11NO4S. The first-order chi connectivity index (χ1) is 5.52. The smallest absolute Gasteiger partial charge is 0.268 e. The van der Waals surface area contributed by atoms with E-state index in [1.165, 1.54) is 0 Å². The zero-order valence-corrected chi connectivity index (χ0v) is 7.56. The van der Waals surface area contributed by atoms with E-state index >= 15 is 0 Å². The highest BCUT2D eigenvalue weighted by molar-refractivity contribution is 7.86. The maximum atomic E-state index is 10.7. The normalized spacial score (nSPS) is 10.8. The van der Waals surface area contributed by atoms with Crippen LogP contribution in [0.1, 0.15) is 0 Å². The molecule has 1 amide bonds. The Morgan fingerprint density at radius 1 is 1.67 bits per heavy atom. The monoisotopic (exact) mass is 193 g/mol. The molecule has 0 bridgehead atoms. The lowest BCUT2D eigenvalue weighted by atomic mass is 10.6. The van der Waals surface area contributed by atoms with Crippen molar-refractivity contribution in [2.24, 2.45) is 0 Å². The van der Waals surface area contributed by atoms with Crippen LogP contribution in [0.15, 0.2) is 12.7 Å². The number of amides is 1. The molecule has 0 rings (SSSR count). The number of carbonyl (C=O) groups is 1. The van der Waals surface area contributed by atoms with Gasteiger partial charge in [-0.25, -0.2) is 0 Å². The average molecular weight is 193 g/mol. The molecule has 0 heterocycles. The van der Waals surface area contributed by atoms with Crippen molar-refractivity contribution in [1.29, 1.82) is 0 Å². The molecule has 6 heteroatoms. The summed E-state index contributed by atoms with van der Waals surface area (Å²) in [6, 6.07) is 0. The van der Waals surface area contributed by atoms with Crippen LogP contribution in [0.2, 0.25) is 0 Å². The van der Waals surface area contributed by atoms with E-state index in [0.29, 0.717) is 0 Å². The quantitative estimate of drug-likeness (QED) is 0.461. The van der Waals surface area contributed by atoms with Crippen LogP contribution < -0.4 is 5.32 Å². The van der Waals surface area contributed by atoms with Crippen LogP contribution in [-0.2, 0) is 19.1 Å². The van der Waals surface area contributed by atoms with Gasteiger partial charge in [-0.3, -0.25) is 8.98 Å². The fourth-order valence-electron chi connectivity index (χ4n) is 0.455. The van der Waals surface area contributed by atoms with Crippen LogP contribution >= 0.6 is 0 Å². The predicted octanol–water partition coefficient (Wildman–Crippen LogP) is -0.735. The molecule has 0 aromatic rings. The minimum absolute atomic E-state index is 0.0288. The highest BCUT2D eigenvalue weighted by Gasteiger charge is 2.07. The highest BCUT2D eigenvalue weighted by Crippen LogP contribution is 1.87. The third kappa shape index (κ3) is 4.86. The number of hydrogen-bond acceptors (Lipinski definition) is 4. The third-order valence-corrected chi connectivity index (χ3v) is 2.30. The lowest BCUT2D eigenvalue weighted by molar-refractivity contribution is -0.116. The summed E-state index contributed by atoms with van der Waals surface area (Å²) >= 11 is 0. The fraction of sp³-hybridized carbons (Fsp3) is 0.500. The van der Waals surface area contributed by atoms with Crippen LogP contribution in [0.4, 0.5) is 0 Å². The molecule has 0 aliphatic rings. The predicted molar refractivity (Wildman–Crippen MR) is 44.0 cm³/mol. The fourth-order valence-corrected chi connectivity index (χ4v) is 0.973. The molecule has 0 saturated heterocycles. The Hall–Kier alpha value is -0.880. The minimum Gasteiger partial charge on any atom is -0.351 e. The van der Waals surface area contributed by atoms with Crippen molar-refractivity contribution in [3.63, 3.8) is 0 Å². The molecule has 0 saturated carbocycles. The summed E-state index contributed by atoms with van der Waals surface area (Å²) < 4.78 is 25.5. The van der Waals surface area contributed by atoms with Crippen molar-refractivity contribution in [3.8, 4) is 0 Å². The Morgan fingerprint density at radius 2 is 2.25 bits per heavy atom. The molecule has 0 atom stereocenters. The van der Waals surface area contributed by atoms with E-state index in [0.717, 1.165) is 13.2 Å². The SMILES string of the molecule is C=CC(=O)NCCS(=O)(=O)OC. The van der Waals surface area contributed by atoms with Gasteiger partial charge < -0.3 is 5.32 Å². The Labute approximate surface area is 71.5 Å². The first-order valence-corrected chi connectivity index (χ1v) is 4.78. The second kappa shape index (κ2) is 4.89. The molecule has 5 nitrogen and oxygen atoms in total. The van der Waals surface area contributed by atoms with Crippen LogP contribution in [0.25, 0.3) is 0 Å². The summed E-state index contributed by atoms with van der Waals surface area (Å²) in [7, 11) is -2.40. The van der Waals surface area contributed by atoms with Gasteiger partial charge in [0.1, 0.15) is 0 Å². The zero-order chi connectivity index (χ0) is 9.61. The summed E-state index contributed by atoms with van der Waals surface area (Å²) in [6.07, 6.45) is 1.07. The molecule has 0 unspecified atom stereocenters. The second-order valence-electron chi connectivity index (χ2n) is 1.92. The van der Waals surface area contributed by atoms with Crippen LogP contribution in [0.5, 0.6) is 0 Å². The molecule has 1 N–H and O–H groups in total. The molecule has 0 aromatic carbocycles. The molecule has 0 radical (unpaired) electrons. The Morgan fingerprint density at radius 3 is 2.67 bits per heavy atom. The molecule has 0 aliphatic carbocycles. The Bertz CT molecular complexity index is 257. The number of hydrogen-bond donors (Lipinski definition) is 1. The van der Waals surface area contributed by atoms with Crippen molar-refractivity contribution in [3.05, 3.63) is 12.7 Å². The van der Waals surface area contributed by atoms with Crippen molar-refractivity contribution < 1.29 is 17.4 Å². The van der Waals surface area contributed by atoms with Crippen molar-refractivity contribution in [1.82, 2.24) is 5.32 Å². The lowest BCUT2D eigenvalue weighted by Crippen LogP contribution is -2.27. The second-order valence-corrected chi connectivity index (χ2v) is 3.78. The molecule has 0 spiro atoms. The van der Waals surface area contributed by atoms with Gasteiger partial charge in [-0.15, -0.1) is 0 Å². The van der Waals surface area contributed by atoms with E-state index in [1.54, 1.807) is 0 Å². The van der Waals surface area contributed by atoms with Gasteiger partial charge >= 0.3 is 0 Å². The van der Waals surface area contributed by atoms with Gasteiger partial charge in [-0.1, -0.05) is 6.58 Å². The van der Waals surface area contributed by atoms with Gasteiger partial charge in [0.2, 0.25) is 5.91 Å². The van der Waals surface area contributed by atoms with Gasteiger partial charge in [-0.05, 0) is 6.08 Å². The minimum atomic E-state index is -3.47. The molecule has 70 valence electrons. The molecule has 12 heavy (non-hydrogen) atoms. The van der Waals surface area contributed by atoms with E-state index in [-0.39, 0.29) is 12.3 Å². The number of carbonyl (C=O) groups excluding carboxylic acids is 1. The molecular weight excluding hydrogens is 182 g/mol. The largest absolute Gasteiger partial charge is 0.351 e. The van der Waals surface area contributed by atoms with E-state index in [1.807, 2.05) is 0 Å². The first kappa shape index (κ1) is 11.1. The van der Waals surface area contributed by atoms with Gasteiger partial charge in [0, 0.05) is 6.54 Å². The van der Waals surface area contributed by atoms with E-state index in [2.05, 4.69) is 16.1 Å². The van der Waals surface area contributed by atoms with Crippen molar-refractivity contribution in [2.45, 2.75) is 0 Å². The van der Waals surface area contributed by atoms with E-state index < -0.39 is 16.0 Å². The number of rotatable bonds is 5. The average Bonchev–Trinajstić information content (AvgIpc) is 2.04. The Balaban J connectivity index is 3.71. The summed E-state index contributed by atoms with van der Waals surface area (Å²) in [5.41, 5.74) is 0. The number of nitrogens with one attached hydrogen (secondary N) is 1. The van der Waals surface area contributed by atoms with Gasteiger partial charge in [0.25, 0.3) is 10.1 Å². The van der Waals surface area contributed by atoms with Gasteiger partial charge in [0.05, 0.1) is 12.9 Å². The summed E-state index contributed by atoms with van der Waals surface area (Å²) in [6.45, 7) is 3.23. The van der Waals surface area contributed by atoms with Crippen molar-refractivity contribution in [2.75, 3.05) is 19.4 Å². The van der Waals surface area contributed by atoms with Crippen LogP contribution in [0.3, 0.4) is 0 Å². The van der Waals surface area contributed by atoms with E-state index in [4.69, 9.17) is 0 Å². The maximum absolute atomic E-state index is 10.7. The highest BCUT2D eigenvalue weighted by atomic mass is 32.2. The van der Waals surface area contributed by atoms with Gasteiger partial charge in [-0.2, -0.15) is 8.42 Å². The van der Waals surface area contributed by atoms with Crippen LogP contribution in [0, 0.1) is 0 Å². The standard InChI is InChI=1S/C6H11NO4S/c1-3-6(8)7-4-5-12(9,10)11-2/h3H,1,4-5H2,2H3,(H,7,8). The summed E-state index contributed by atoms with van der Waals surface area (Å²) in [5, 5.41) is 2.31. The van der Waals surface area contributed by atoms with Gasteiger partial charge in [0.15, 0.2) is 0 Å². The molecule has 0 aromatic heterocycles. The summed E-state index contributed by atoms with van der Waals surface area (Å²) in [5.74, 6) is -0.635. The first-order valence-electron chi connectivity index (χ1n) is 3.20. The maximum Gasteiger partial charge on any atom is 0.268 e. The zero-order valence-electron chi connectivity index (χ0n) is 6.74. The molecule has 0 fully saturated rings. The Kier molecular flexibility index (Phi) is 4.53. The topological polar surface area (TPSA) is 72.5 Å². The van der Waals surface area contributed by atoms with Crippen molar-refractivity contribution >= 4 is 16.0 Å². The third-order valence-electron chi connectivity index (χ3n) is 1.09. The lowest BCUT2D eigenvalue weighted by Gasteiger charge is -2.01. The molecule has 0 aliphatic heterocycles. The van der Waals surface area contributed by atoms with E-state index in [9.17, 15) is 13.2 Å².